The van der Waals surface area contributed by atoms with Gasteiger partial charge >= 0.3 is 5.97 Å². The summed E-state index contributed by atoms with van der Waals surface area (Å²) in [5.41, 5.74) is 3.12. The lowest BCUT2D eigenvalue weighted by molar-refractivity contribution is 0.00900. The Hall–Kier alpha value is -2.09. The third kappa shape index (κ3) is 17.0. The van der Waals surface area contributed by atoms with Crippen LogP contribution in [0, 0.1) is 22.7 Å². The molecule has 2 aromatic carbocycles. The summed E-state index contributed by atoms with van der Waals surface area (Å²) in [5, 5.41) is 0. The number of unbranched alkanes of at least 4 members (excludes halogenated alkanes) is 14. The fourth-order valence-corrected chi connectivity index (χ4v) is 7.36. The largest absolute Gasteiger partial charge is 0.459 e. The lowest BCUT2D eigenvalue weighted by Crippen LogP contribution is -2.33. The Balaban J connectivity index is 2.04. The monoisotopic (exact) mass is 661 g/mol. The van der Waals surface area contributed by atoms with Crippen molar-refractivity contribution in [3.63, 3.8) is 0 Å². The number of hydrogen-bond donors (Lipinski definition) is 0. The van der Waals surface area contributed by atoms with E-state index in [1.165, 1.54) is 109 Å². The van der Waals surface area contributed by atoms with Crippen molar-refractivity contribution in [1.29, 1.82) is 0 Å². The molecule has 272 valence electrons. The van der Waals surface area contributed by atoms with Crippen LogP contribution in [-0.4, -0.2) is 12.1 Å². The van der Waals surface area contributed by atoms with Crippen LogP contribution in [0.1, 0.15) is 194 Å². The molecule has 3 atom stereocenters. The fraction of sp³-hybridized carbons (Fsp3) is 0.717. The van der Waals surface area contributed by atoms with Gasteiger partial charge in [0, 0.05) is 0 Å². The first kappa shape index (κ1) is 42.1. The lowest BCUT2D eigenvalue weighted by atomic mass is 9.66. The quantitative estimate of drug-likeness (QED) is 0.0782. The Bertz CT molecular complexity index is 1090. The van der Waals surface area contributed by atoms with E-state index < -0.39 is 0 Å². The third-order valence-electron chi connectivity index (χ3n) is 10.9. The van der Waals surface area contributed by atoms with E-state index in [9.17, 15) is 4.79 Å². The highest BCUT2D eigenvalue weighted by atomic mass is 16.5. The summed E-state index contributed by atoms with van der Waals surface area (Å²) in [6.07, 6.45) is 25.8. The SMILES string of the molecule is CCCCCCCCCCCCCCCCC(CC(CC(CCCC)C(C)(C)C)C(C)(C)C)OC(=O)c1ccccc1-c1ccccc1. The standard InChI is InChI=1S/C46H76O2/c1-9-11-13-14-15-16-17-18-19-20-21-22-23-27-33-41(37-40(46(6,7)8)36-39(32-12-10-2)45(3,4)5)48-44(47)43-35-29-28-34-42(43)38-30-25-24-26-31-38/h24-26,28-31,34-35,39-41H,9-23,27,32-33,36-37H2,1-8H3. The van der Waals surface area contributed by atoms with Gasteiger partial charge in [-0.05, 0) is 72.0 Å². The van der Waals surface area contributed by atoms with Crippen molar-refractivity contribution in [2.45, 2.75) is 190 Å². The van der Waals surface area contributed by atoms with Crippen LogP contribution in [0.2, 0.25) is 0 Å². The van der Waals surface area contributed by atoms with Crippen molar-refractivity contribution >= 4 is 5.97 Å². The molecule has 2 aromatic rings. The lowest BCUT2D eigenvalue weighted by Gasteiger charge is -2.40. The zero-order valence-electron chi connectivity index (χ0n) is 32.9. The molecule has 0 aliphatic carbocycles. The van der Waals surface area contributed by atoms with Crippen molar-refractivity contribution in [2.24, 2.45) is 22.7 Å². The molecule has 3 unspecified atom stereocenters. The maximum atomic E-state index is 13.9. The molecule has 2 rings (SSSR count). The number of esters is 1. The third-order valence-corrected chi connectivity index (χ3v) is 10.9. The average Bonchev–Trinajstić information content (AvgIpc) is 3.05. The van der Waals surface area contributed by atoms with Gasteiger partial charge in [-0.1, -0.05) is 200 Å². The molecule has 0 heterocycles. The van der Waals surface area contributed by atoms with Gasteiger partial charge in [-0.25, -0.2) is 4.79 Å². The highest BCUT2D eigenvalue weighted by Gasteiger charge is 2.35. The first-order valence-electron chi connectivity index (χ1n) is 20.3. The number of carbonyl (C=O) groups is 1. The molecule has 0 N–H and O–H groups in total. The Labute approximate surface area is 298 Å². The second-order valence-electron chi connectivity index (χ2n) is 17.1. The van der Waals surface area contributed by atoms with Crippen LogP contribution in [0.4, 0.5) is 0 Å². The minimum atomic E-state index is -0.171. The van der Waals surface area contributed by atoms with Crippen LogP contribution < -0.4 is 0 Å². The Morgan fingerprint density at radius 3 is 1.54 bits per heavy atom. The van der Waals surface area contributed by atoms with Crippen molar-refractivity contribution in [2.75, 3.05) is 0 Å². The second kappa shape index (κ2) is 23.3. The second-order valence-corrected chi connectivity index (χ2v) is 17.1. The highest BCUT2D eigenvalue weighted by Crippen LogP contribution is 2.43. The van der Waals surface area contributed by atoms with E-state index in [1.807, 2.05) is 42.5 Å². The predicted octanol–water partition coefficient (Wildman–Crippen LogP) is 15.0. The zero-order valence-corrected chi connectivity index (χ0v) is 32.9. The van der Waals surface area contributed by atoms with E-state index in [0.717, 1.165) is 30.4 Å². The van der Waals surface area contributed by atoms with Crippen molar-refractivity contribution in [1.82, 2.24) is 0 Å². The summed E-state index contributed by atoms with van der Waals surface area (Å²) >= 11 is 0. The molecule has 0 bridgehead atoms. The Morgan fingerprint density at radius 2 is 1.02 bits per heavy atom. The molecule has 0 fully saturated rings. The van der Waals surface area contributed by atoms with Crippen LogP contribution in [0.5, 0.6) is 0 Å². The van der Waals surface area contributed by atoms with Gasteiger partial charge in [0.05, 0.1) is 5.56 Å². The number of benzene rings is 2. The smallest absolute Gasteiger partial charge is 0.339 e. The molecular weight excluding hydrogens is 585 g/mol. The summed E-state index contributed by atoms with van der Waals surface area (Å²) in [6, 6.07) is 18.2. The van der Waals surface area contributed by atoms with E-state index in [-0.39, 0.29) is 22.9 Å². The summed E-state index contributed by atoms with van der Waals surface area (Å²) in [5.74, 6) is 0.987. The molecule has 0 aromatic heterocycles. The normalized spacial score (nSPS) is 14.1. The van der Waals surface area contributed by atoms with Crippen molar-refractivity contribution < 1.29 is 9.53 Å². The molecule has 0 amide bonds. The van der Waals surface area contributed by atoms with E-state index >= 15 is 0 Å². The maximum Gasteiger partial charge on any atom is 0.339 e. The number of ether oxygens (including phenoxy) is 1. The van der Waals surface area contributed by atoms with Gasteiger partial charge in [0.2, 0.25) is 0 Å². The molecule has 0 saturated heterocycles. The zero-order chi connectivity index (χ0) is 35.3. The van der Waals surface area contributed by atoms with Crippen LogP contribution >= 0.6 is 0 Å². The summed E-state index contributed by atoms with van der Waals surface area (Å²) in [4.78, 5) is 13.9. The summed E-state index contributed by atoms with van der Waals surface area (Å²) in [6.45, 7) is 19.0. The minimum Gasteiger partial charge on any atom is -0.459 e. The molecule has 48 heavy (non-hydrogen) atoms. The molecule has 0 aliphatic rings. The molecule has 0 aliphatic heterocycles. The van der Waals surface area contributed by atoms with Crippen LogP contribution in [0.3, 0.4) is 0 Å². The Kier molecular flexibility index (Phi) is 20.5. The summed E-state index contributed by atoms with van der Waals surface area (Å²) < 4.78 is 6.55. The molecule has 0 radical (unpaired) electrons. The van der Waals surface area contributed by atoms with Gasteiger partial charge in [0.25, 0.3) is 0 Å². The van der Waals surface area contributed by atoms with E-state index in [0.29, 0.717) is 17.4 Å². The van der Waals surface area contributed by atoms with Gasteiger partial charge in [-0.15, -0.1) is 0 Å². The number of rotatable bonds is 25. The molecular formula is C46H76O2. The van der Waals surface area contributed by atoms with Crippen LogP contribution in [-0.2, 0) is 4.74 Å². The molecule has 2 heteroatoms. The van der Waals surface area contributed by atoms with E-state index in [1.54, 1.807) is 0 Å². The molecule has 2 nitrogen and oxygen atoms in total. The first-order valence-corrected chi connectivity index (χ1v) is 20.3. The molecule has 0 spiro atoms. The van der Waals surface area contributed by atoms with Gasteiger partial charge < -0.3 is 4.74 Å². The maximum absolute atomic E-state index is 13.9. The summed E-state index contributed by atoms with van der Waals surface area (Å²) in [7, 11) is 0. The van der Waals surface area contributed by atoms with Crippen molar-refractivity contribution in [3.8, 4) is 11.1 Å². The van der Waals surface area contributed by atoms with Gasteiger partial charge in [-0.2, -0.15) is 0 Å². The van der Waals surface area contributed by atoms with Crippen molar-refractivity contribution in [3.05, 3.63) is 60.2 Å². The van der Waals surface area contributed by atoms with Gasteiger partial charge in [0.1, 0.15) is 6.10 Å². The topological polar surface area (TPSA) is 26.3 Å². The first-order chi connectivity index (χ1) is 23.0. The Morgan fingerprint density at radius 1 is 0.542 bits per heavy atom. The van der Waals surface area contributed by atoms with Crippen LogP contribution in [0.25, 0.3) is 11.1 Å². The van der Waals surface area contributed by atoms with Gasteiger partial charge in [0.15, 0.2) is 0 Å². The van der Waals surface area contributed by atoms with E-state index in [2.05, 4.69) is 67.5 Å². The van der Waals surface area contributed by atoms with Crippen LogP contribution in [0.15, 0.2) is 54.6 Å². The predicted molar refractivity (Wildman–Crippen MR) is 211 cm³/mol. The molecule has 0 saturated carbocycles. The highest BCUT2D eigenvalue weighted by molar-refractivity contribution is 5.97. The number of hydrogen-bond acceptors (Lipinski definition) is 2. The fourth-order valence-electron chi connectivity index (χ4n) is 7.36. The van der Waals surface area contributed by atoms with Gasteiger partial charge in [-0.3, -0.25) is 0 Å². The van der Waals surface area contributed by atoms with E-state index in [4.69, 9.17) is 4.74 Å². The number of carbonyl (C=O) groups excluding carboxylic acids is 1. The minimum absolute atomic E-state index is 0.0605. The average molecular weight is 661 g/mol.